The Morgan fingerprint density at radius 3 is 2.36 bits per heavy atom. The van der Waals surface area contributed by atoms with E-state index >= 15 is 0 Å². The minimum atomic E-state index is -3.18. The summed E-state index contributed by atoms with van der Waals surface area (Å²) in [5, 5.41) is 1.50. The van der Waals surface area contributed by atoms with Gasteiger partial charge in [0.2, 0.25) is 0 Å². The molecule has 6 heteroatoms. The van der Waals surface area contributed by atoms with Crippen LogP contribution in [-0.4, -0.2) is 24.2 Å². The summed E-state index contributed by atoms with van der Waals surface area (Å²) in [6.45, 7) is 1.92. The Hall–Kier alpha value is -1.85. The average Bonchev–Trinajstić information content (AvgIpc) is 2.76. The van der Waals surface area contributed by atoms with Crippen LogP contribution in [0.3, 0.4) is 0 Å². The van der Waals surface area contributed by atoms with E-state index in [2.05, 4.69) is 4.98 Å². The normalized spacial score (nSPS) is 12.0. The van der Waals surface area contributed by atoms with E-state index in [0.717, 1.165) is 27.9 Å². The van der Waals surface area contributed by atoms with Crippen molar-refractivity contribution < 1.29 is 8.42 Å². The molecule has 0 aliphatic rings. The number of pyridine rings is 1. The zero-order valence-electron chi connectivity index (χ0n) is 12.5. The molecule has 2 heterocycles. The van der Waals surface area contributed by atoms with Gasteiger partial charge in [0.05, 0.1) is 10.4 Å². The number of hydrogen-bond acceptors (Lipinski definition) is 3. The molecule has 4 nitrogen and oxygen atoms in total. The third kappa shape index (κ3) is 2.51. The molecule has 0 aliphatic heterocycles. The Labute approximate surface area is 134 Å². The number of fused-ring (bicyclic) bond motifs is 1. The van der Waals surface area contributed by atoms with E-state index in [0.29, 0.717) is 10.0 Å². The maximum absolute atomic E-state index is 11.5. The first-order valence-electron chi connectivity index (χ1n) is 6.70. The lowest BCUT2D eigenvalue weighted by Crippen LogP contribution is -1.97. The van der Waals surface area contributed by atoms with Crippen LogP contribution in [0.1, 0.15) is 5.69 Å². The predicted octanol–water partition coefficient (Wildman–Crippen LogP) is 3.61. The first-order valence-corrected chi connectivity index (χ1v) is 8.97. The number of rotatable bonds is 2. The Balaban J connectivity index is 2.18. The monoisotopic (exact) mass is 334 g/mol. The number of hydrogen-bond donors (Lipinski definition) is 0. The highest BCUT2D eigenvalue weighted by Gasteiger charge is 2.13. The molecular weight excluding hydrogens is 320 g/mol. The maximum atomic E-state index is 11.5. The van der Waals surface area contributed by atoms with Gasteiger partial charge in [-0.25, -0.2) is 13.4 Å². The topological polar surface area (TPSA) is 52.0 Å². The van der Waals surface area contributed by atoms with E-state index in [4.69, 9.17) is 11.6 Å². The molecule has 0 amide bonds. The van der Waals surface area contributed by atoms with Crippen molar-refractivity contribution in [2.45, 2.75) is 11.8 Å². The van der Waals surface area contributed by atoms with Gasteiger partial charge in [0, 0.05) is 30.1 Å². The number of halogens is 1. The largest absolute Gasteiger partial charge is 0.343 e. The smallest absolute Gasteiger partial charge is 0.175 e. The van der Waals surface area contributed by atoms with Crippen LogP contribution < -0.4 is 0 Å². The highest BCUT2D eigenvalue weighted by molar-refractivity contribution is 7.90. The second-order valence-corrected chi connectivity index (χ2v) is 7.75. The number of benzene rings is 1. The number of aromatic nitrogens is 2. The Morgan fingerprint density at radius 1 is 1.14 bits per heavy atom. The molecule has 0 saturated carbocycles. The van der Waals surface area contributed by atoms with Gasteiger partial charge in [0.15, 0.2) is 9.84 Å². The van der Waals surface area contributed by atoms with E-state index in [1.165, 1.54) is 6.26 Å². The summed E-state index contributed by atoms with van der Waals surface area (Å²) in [6.07, 6.45) is 1.20. The van der Waals surface area contributed by atoms with Crippen molar-refractivity contribution in [3.8, 4) is 11.3 Å². The fourth-order valence-electron chi connectivity index (χ4n) is 2.60. The number of sulfone groups is 1. The Bertz CT molecular complexity index is 974. The summed E-state index contributed by atoms with van der Waals surface area (Å²) in [7, 11) is -1.23. The first-order chi connectivity index (χ1) is 10.3. The van der Waals surface area contributed by atoms with Crippen LogP contribution in [-0.2, 0) is 16.9 Å². The van der Waals surface area contributed by atoms with E-state index in [1.54, 1.807) is 12.1 Å². The van der Waals surface area contributed by atoms with Crippen LogP contribution in [0.5, 0.6) is 0 Å². The molecule has 114 valence electrons. The highest BCUT2D eigenvalue weighted by Crippen LogP contribution is 2.30. The lowest BCUT2D eigenvalue weighted by atomic mass is 10.1. The lowest BCUT2D eigenvalue weighted by molar-refractivity contribution is 0.602. The fraction of sp³-hybridized carbons (Fsp3) is 0.188. The average molecular weight is 335 g/mol. The van der Waals surface area contributed by atoms with E-state index in [-0.39, 0.29) is 0 Å². The summed E-state index contributed by atoms with van der Waals surface area (Å²) < 4.78 is 25.1. The molecule has 2 aromatic heterocycles. The van der Waals surface area contributed by atoms with Crippen LogP contribution in [0.4, 0.5) is 0 Å². The molecule has 0 atom stereocenters. The van der Waals surface area contributed by atoms with Crippen molar-refractivity contribution in [2.75, 3.05) is 6.26 Å². The minimum absolute atomic E-state index is 0.316. The zero-order chi connectivity index (χ0) is 16.1. The highest BCUT2D eigenvalue weighted by atomic mass is 35.5. The molecule has 0 fully saturated rings. The standard InChI is InChI=1S/C16H15ClN2O2S/c1-10-13-8-14(19(2)15(13)9-16(17)18-10)11-4-6-12(7-5-11)22(3,20)21/h4-9H,1-3H3. The van der Waals surface area contributed by atoms with Gasteiger partial charge >= 0.3 is 0 Å². The second-order valence-electron chi connectivity index (χ2n) is 5.35. The van der Waals surface area contributed by atoms with Crippen LogP contribution in [0.2, 0.25) is 5.15 Å². The van der Waals surface area contributed by atoms with Crippen molar-refractivity contribution in [1.29, 1.82) is 0 Å². The predicted molar refractivity (Wildman–Crippen MR) is 89.0 cm³/mol. The number of aryl methyl sites for hydroxylation is 2. The van der Waals surface area contributed by atoms with Crippen molar-refractivity contribution in [3.63, 3.8) is 0 Å². The van der Waals surface area contributed by atoms with Gasteiger partial charge < -0.3 is 4.57 Å². The second kappa shape index (κ2) is 5.11. The van der Waals surface area contributed by atoms with Crippen LogP contribution in [0.15, 0.2) is 41.3 Å². The quantitative estimate of drug-likeness (QED) is 0.673. The Kier molecular flexibility index (Phi) is 3.50. The molecule has 0 unspecified atom stereocenters. The molecule has 0 radical (unpaired) electrons. The molecule has 0 saturated heterocycles. The van der Waals surface area contributed by atoms with Crippen molar-refractivity contribution in [3.05, 3.63) is 47.2 Å². The third-order valence-electron chi connectivity index (χ3n) is 3.78. The molecule has 0 N–H and O–H groups in total. The summed E-state index contributed by atoms with van der Waals surface area (Å²) in [6, 6.07) is 10.8. The van der Waals surface area contributed by atoms with Crippen LogP contribution >= 0.6 is 11.6 Å². The molecule has 1 aromatic carbocycles. The van der Waals surface area contributed by atoms with E-state index in [9.17, 15) is 8.42 Å². The zero-order valence-corrected chi connectivity index (χ0v) is 14.0. The molecule has 3 aromatic rings. The van der Waals surface area contributed by atoms with Crippen molar-refractivity contribution >= 4 is 32.3 Å². The van der Waals surface area contributed by atoms with Gasteiger partial charge in [-0.3, -0.25) is 0 Å². The minimum Gasteiger partial charge on any atom is -0.343 e. The summed E-state index contributed by atoms with van der Waals surface area (Å²) in [4.78, 5) is 4.58. The molecule has 0 spiro atoms. The maximum Gasteiger partial charge on any atom is 0.175 e. The lowest BCUT2D eigenvalue weighted by Gasteiger charge is -2.06. The summed E-state index contributed by atoms with van der Waals surface area (Å²) >= 11 is 6.03. The number of nitrogens with zero attached hydrogens (tertiary/aromatic N) is 2. The van der Waals surface area contributed by atoms with Crippen LogP contribution in [0, 0.1) is 6.92 Å². The summed E-state index contributed by atoms with van der Waals surface area (Å²) in [5.74, 6) is 0. The van der Waals surface area contributed by atoms with E-state index in [1.807, 2.05) is 42.8 Å². The molecule has 22 heavy (non-hydrogen) atoms. The molecular formula is C16H15ClN2O2S. The van der Waals surface area contributed by atoms with Gasteiger partial charge in [0.25, 0.3) is 0 Å². The van der Waals surface area contributed by atoms with Crippen molar-refractivity contribution in [1.82, 2.24) is 9.55 Å². The van der Waals surface area contributed by atoms with Gasteiger partial charge in [0.1, 0.15) is 5.15 Å². The van der Waals surface area contributed by atoms with Gasteiger partial charge in [-0.15, -0.1) is 0 Å². The molecule has 0 bridgehead atoms. The van der Waals surface area contributed by atoms with Crippen LogP contribution in [0.25, 0.3) is 22.2 Å². The van der Waals surface area contributed by atoms with Gasteiger partial charge in [-0.1, -0.05) is 23.7 Å². The molecule has 0 aliphatic carbocycles. The van der Waals surface area contributed by atoms with Gasteiger partial charge in [-0.05, 0) is 36.8 Å². The fourth-order valence-corrected chi connectivity index (χ4v) is 3.46. The Morgan fingerprint density at radius 2 is 1.77 bits per heavy atom. The summed E-state index contributed by atoms with van der Waals surface area (Å²) in [5.41, 5.74) is 3.81. The third-order valence-corrected chi connectivity index (χ3v) is 5.10. The van der Waals surface area contributed by atoms with Crippen molar-refractivity contribution in [2.24, 2.45) is 7.05 Å². The first kappa shape index (κ1) is 15.1. The molecule has 3 rings (SSSR count). The van der Waals surface area contributed by atoms with Gasteiger partial charge in [-0.2, -0.15) is 0 Å². The SMILES string of the molecule is Cc1nc(Cl)cc2c1cc(-c1ccc(S(C)(=O)=O)cc1)n2C. The van der Waals surface area contributed by atoms with E-state index < -0.39 is 9.84 Å².